The highest BCUT2D eigenvalue weighted by Crippen LogP contribution is 2.23. The van der Waals surface area contributed by atoms with Crippen molar-refractivity contribution in [3.8, 4) is 6.07 Å². The van der Waals surface area contributed by atoms with E-state index in [1.165, 1.54) is 12.1 Å². The van der Waals surface area contributed by atoms with Crippen molar-refractivity contribution in [3.05, 3.63) is 46.8 Å². The lowest BCUT2D eigenvalue weighted by Crippen LogP contribution is -2.26. The number of benzene rings is 1. The molecule has 0 saturated carbocycles. The lowest BCUT2D eigenvalue weighted by Gasteiger charge is -2.14. The standard InChI is InChI=1S/C13H13N3O2S2/c1-9(10-3-2-4-11(15)7-10)16-20(17,18)13-6-5-12(8-14)19-13/h2-7,9,16H,15H2,1H3. The molecule has 0 radical (unpaired) electrons. The molecule has 0 bridgehead atoms. The van der Waals surface area contributed by atoms with Gasteiger partial charge in [0, 0.05) is 11.7 Å². The van der Waals surface area contributed by atoms with Gasteiger partial charge in [0.1, 0.15) is 15.2 Å². The van der Waals surface area contributed by atoms with Crippen LogP contribution >= 0.6 is 11.3 Å². The van der Waals surface area contributed by atoms with Crippen molar-refractivity contribution in [3.63, 3.8) is 0 Å². The number of sulfonamides is 1. The first-order chi connectivity index (χ1) is 9.42. The largest absolute Gasteiger partial charge is 0.399 e. The van der Waals surface area contributed by atoms with E-state index in [4.69, 9.17) is 11.0 Å². The van der Waals surface area contributed by atoms with E-state index in [0.29, 0.717) is 10.6 Å². The fourth-order valence-electron chi connectivity index (χ4n) is 1.71. The van der Waals surface area contributed by atoms with Gasteiger partial charge in [0.15, 0.2) is 0 Å². The number of nitrogens with zero attached hydrogens (tertiary/aromatic N) is 1. The van der Waals surface area contributed by atoms with Crippen LogP contribution in [0.4, 0.5) is 5.69 Å². The molecule has 0 amide bonds. The van der Waals surface area contributed by atoms with Crippen molar-refractivity contribution >= 4 is 27.0 Å². The summed E-state index contributed by atoms with van der Waals surface area (Å²) in [6, 6.07) is 11.5. The van der Waals surface area contributed by atoms with E-state index in [9.17, 15) is 8.42 Å². The average Bonchev–Trinajstić information content (AvgIpc) is 2.87. The van der Waals surface area contributed by atoms with Crippen LogP contribution in [0.5, 0.6) is 0 Å². The number of nitriles is 1. The van der Waals surface area contributed by atoms with Crippen LogP contribution in [0.3, 0.4) is 0 Å². The maximum Gasteiger partial charge on any atom is 0.250 e. The Morgan fingerprint density at radius 3 is 2.70 bits per heavy atom. The van der Waals surface area contributed by atoms with Crippen molar-refractivity contribution < 1.29 is 8.42 Å². The molecule has 1 aromatic heterocycles. The second-order valence-electron chi connectivity index (χ2n) is 4.24. The zero-order valence-corrected chi connectivity index (χ0v) is 12.3. The summed E-state index contributed by atoms with van der Waals surface area (Å²) in [4.78, 5) is 0.363. The molecule has 5 nitrogen and oxygen atoms in total. The van der Waals surface area contributed by atoms with Gasteiger partial charge in [-0.1, -0.05) is 12.1 Å². The summed E-state index contributed by atoms with van der Waals surface area (Å²) < 4.78 is 27.1. The van der Waals surface area contributed by atoms with E-state index < -0.39 is 16.1 Å². The molecular formula is C13H13N3O2S2. The van der Waals surface area contributed by atoms with Gasteiger partial charge < -0.3 is 5.73 Å². The summed E-state index contributed by atoms with van der Waals surface area (Å²) in [6.07, 6.45) is 0. The van der Waals surface area contributed by atoms with Gasteiger partial charge in [-0.2, -0.15) is 5.26 Å². The minimum Gasteiger partial charge on any atom is -0.399 e. The van der Waals surface area contributed by atoms with Crippen LogP contribution in [0.2, 0.25) is 0 Å². The minimum atomic E-state index is -3.63. The quantitative estimate of drug-likeness (QED) is 0.847. The summed E-state index contributed by atoms with van der Waals surface area (Å²) in [5.41, 5.74) is 7.04. The van der Waals surface area contributed by atoms with Crippen LogP contribution < -0.4 is 10.5 Å². The first-order valence-corrected chi connectivity index (χ1v) is 8.10. The number of thiophene rings is 1. The number of hydrogen-bond donors (Lipinski definition) is 2. The number of nitrogens with two attached hydrogens (primary N) is 1. The third-order valence-electron chi connectivity index (χ3n) is 2.70. The van der Waals surface area contributed by atoms with Gasteiger partial charge in [0.25, 0.3) is 10.0 Å². The topological polar surface area (TPSA) is 96.0 Å². The van der Waals surface area contributed by atoms with E-state index in [-0.39, 0.29) is 4.21 Å². The van der Waals surface area contributed by atoms with Crippen LogP contribution in [-0.4, -0.2) is 8.42 Å². The maximum atomic E-state index is 12.2. The Balaban J connectivity index is 2.22. The molecule has 20 heavy (non-hydrogen) atoms. The fraction of sp³-hybridized carbons (Fsp3) is 0.154. The summed E-state index contributed by atoms with van der Waals surface area (Å²) in [5, 5.41) is 8.74. The number of nitrogens with one attached hydrogen (secondary N) is 1. The lowest BCUT2D eigenvalue weighted by molar-refractivity contribution is 0.569. The maximum absolute atomic E-state index is 12.2. The minimum absolute atomic E-state index is 0.129. The van der Waals surface area contributed by atoms with Crippen LogP contribution in [0, 0.1) is 11.3 Å². The number of anilines is 1. The Morgan fingerprint density at radius 1 is 1.35 bits per heavy atom. The Morgan fingerprint density at radius 2 is 2.10 bits per heavy atom. The Labute approximate surface area is 121 Å². The molecular weight excluding hydrogens is 294 g/mol. The third-order valence-corrected chi connectivity index (χ3v) is 5.72. The summed E-state index contributed by atoms with van der Waals surface area (Å²) in [6.45, 7) is 1.74. The lowest BCUT2D eigenvalue weighted by atomic mass is 10.1. The Kier molecular flexibility index (Phi) is 4.09. The monoisotopic (exact) mass is 307 g/mol. The molecule has 1 heterocycles. The molecule has 0 aliphatic rings. The van der Waals surface area contributed by atoms with E-state index in [2.05, 4.69) is 4.72 Å². The first-order valence-electron chi connectivity index (χ1n) is 5.80. The van der Waals surface area contributed by atoms with Gasteiger partial charge in [-0.15, -0.1) is 11.3 Å². The predicted molar refractivity (Wildman–Crippen MR) is 78.6 cm³/mol. The molecule has 0 spiro atoms. The fourth-order valence-corrected chi connectivity index (χ4v) is 4.06. The molecule has 0 aliphatic heterocycles. The summed E-state index contributed by atoms with van der Waals surface area (Å²) >= 11 is 0.944. The van der Waals surface area contributed by atoms with Gasteiger partial charge in [-0.25, -0.2) is 13.1 Å². The van der Waals surface area contributed by atoms with Crippen LogP contribution in [0.15, 0.2) is 40.6 Å². The first kappa shape index (κ1) is 14.5. The summed E-state index contributed by atoms with van der Waals surface area (Å²) in [5.74, 6) is 0. The van der Waals surface area contributed by atoms with E-state index >= 15 is 0 Å². The number of rotatable bonds is 4. The number of nitrogen functional groups attached to an aromatic ring is 1. The average molecular weight is 307 g/mol. The third kappa shape index (κ3) is 3.17. The second-order valence-corrected chi connectivity index (χ2v) is 7.27. The highest BCUT2D eigenvalue weighted by molar-refractivity contribution is 7.91. The molecule has 0 aliphatic carbocycles. The normalized spacial score (nSPS) is 12.8. The molecule has 0 saturated heterocycles. The zero-order chi connectivity index (χ0) is 14.8. The SMILES string of the molecule is CC(NS(=O)(=O)c1ccc(C#N)s1)c1cccc(N)c1. The van der Waals surface area contributed by atoms with Crippen molar-refractivity contribution in [2.24, 2.45) is 0 Å². The van der Waals surface area contributed by atoms with Gasteiger partial charge in [-0.05, 0) is 36.8 Å². The van der Waals surface area contributed by atoms with Crippen LogP contribution in [0.1, 0.15) is 23.4 Å². The summed E-state index contributed by atoms with van der Waals surface area (Å²) in [7, 11) is -3.63. The van der Waals surface area contributed by atoms with E-state index in [1.54, 1.807) is 31.2 Å². The second kappa shape index (κ2) is 5.63. The molecule has 1 aromatic carbocycles. The van der Waals surface area contributed by atoms with Gasteiger partial charge in [0.2, 0.25) is 0 Å². The van der Waals surface area contributed by atoms with Crippen molar-refractivity contribution in [2.45, 2.75) is 17.2 Å². The van der Waals surface area contributed by atoms with Gasteiger partial charge >= 0.3 is 0 Å². The molecule has 3 N–H and O–H groups in total. The van der Waals surface area contributed by atoms with Crippen molar-refractivity contribution in [1.82, 2.24) is 4.72 Å². The molecule has 2 aromatic rings. The smallest absolute Gasteiger partial charge is 0.250 e. The Hall–Kier alpha value is -1.88. The highest BCUT2D eigenvalue weighted by Gasteiger charge is 2.20. The predicted octanol–water partition coefficient (Wildman–Crippen LogP) is 2.24. The van der Waals surface area contributed by atoms with Crippen molar-refractivity contribution in [2.75, 3.05) is 5.73 Å². The number of hydrogen-bond acceptors (Lipinski definition) is 5. The molecule has 7 heteroatoms. The van der Waals surface area contributed by atoms with Crippen LogP contribution in [0.25, 0.3) is 0 Å². The van der Waals surface area contributed by atoms with Crippen molar-refractivity contribution in [1.29, 1.82) is 5.26 Å². The molecule has 1 atom stereocenters. The van der Waals surface area contributed by atoms with Crippen LogP contribution in [-0.2, 0) is 10.0 Å². The molecule has 2 rings (SSSR count). The molecule has 1 unspecified atom stereocenters. The van der Waals surface area contributed by atoms with E-state index in [1.807, 2.05) is 6.07 Å². The highest BCUT2D eigenvalue weighted by atomic mass is 32.2. The van der Waals surface area contributed by atoms with Gasteiger partial charge in [-0.3, -0.25) is 0 Å². The van der Waals surface area contributed by atoms with Gasteiger partial charge in [0.05, 0.1) is 0 Å². The molecule has 0 fully saturated rings. The van der Waals surface area contributed by atoms with E-state index in [0.717, 1.165) is 16.9 Å². The zero-order valence-electron chi connectivity index (χ0n) is 10.7. The molecule has 104 valence electrons. The Bertz CT molecular complexity index is 760.